The van der Waals surface area contributed by atoms with Gasteiger partial charge in [-0.05, 0) is 19.1 Å². The van der Waals surface area contributed by atoms with Gasteiger partial charge < -0.3 is 9.72 Å². The average molecular weight is 282 g/mol. The predicted octanol–water partition coefficient (Wildman–Crippen LogP) is 2.43. The Balaban J connectivity index is 2.34. The molecule has 2 rings (SSSR count). The molecule has 1 aromatic carbocycles. The van der Waals surface area contributed by atoms with E-state index in [-0.39, 0.29) is 16.6 Å². The zero-order valence-electron chi connectivity index (χ0n) is 9.71. The first-order valence-corrected chi connectivity index (χ1v) is 5.53. The van der Waals surface area contributed by atoms with Gasteiger partial charge in [-0.1, -0.05) is 11.6 Å². The molecule has 0 unspecified atom stereocenters. The fourth-order valence-electron chi connectivity index (χ4n) is 1.45. The van der Waals surface area contributed by atoms with Gasteiger partial charge in [-0.3, -0.25) is 14.9 Å². The van der Waals surface area contributed by atoms with Gasteiger partial charge in [0.1, 0.15) is 5.75 Å². The number of aryl methyl sites for hydroxylation is 1. The average Bonchev–Trinajstić information content (AvgIpc) is 2.34. The van der Waals surface area contributed by atoms with Crippen molar-refractivity contribution in [3.63, 3.8) is 0 Å². The first-order chi connectivity index (χ1) is 8.99. The highest BCUT2D eigenvalue weighted by molar-refractivity contribution is 6.31. The molecule has 0 spiro atoms. The molecule has 0 aliphatic rings. The number of rotatable bonds is 3. The van der Waals surface area contributed by atoms with Gasteiger partial charge in [-0.25, -0.2) is 4.98 Å². The van der Waals surface area contributed by atoms with Gasteiger partial charge in [-0.2, -0.15) is 0 Å². The highest BCUT2D eigenvalue weighted by atomic mass is 35.5. The topological polar surface area (TPSA) is 98.1 Å². The van der Waals surface area contributed by atoms with E-state index in [0.29, 0.717) is 11.3 Å². The molecule has 2 aromatic rings. The van der Waals surface area contributed by atoms with E-state index >= 15 is 0 Å². The first-order valence-electron chi connectivity index (χ1n) is 5.15. The van der Waals surface area contributed by atoms with Gasteiger partial charge in [0.25, 0.3) is 11.2 Å². The van der Waals surface area contributed by atoms with E-state index in [1.807, 2.05) is 0 Å². The lowest BCUT2D eigenvalue weighted by atomic mass is 10.2. The fourth-order valence-corrected chi connectivity index (χ4v) is 1.59. The number of nitrogens with zero attached hydrogens (tertiary/aromatic N) is 2. The lowest BCUT2D eigenvalue weighted by Gasteiger charge is -2.06. The van der Waals surface area contributed by atoms with E-state index in [1.54, 1.807) is 6.92 Å². The minimum absolute atomic E-state index is 0.0164. The highest BCUT2D eigenvalue weighted by Gasteiger charge is 2.13. The molecule has 7 nitrogen and oxygen atoms in total. The summed E-state index contributed by atoms with van der Waals surface area (Å²) in [5.41, 5.74) is -0.105. The summed E-state index contributed by atoms with van der Waals surface area (Å²) < 4.78 is 5.32. The molecule has 0 aliphatic carbocycles. The number of hydrogen-bond acceptors (Lipinski definition) is 5. The van der Waals surface area contributed by atoms with Crippen molar-refractivity contribution in [1.29, 1.82) is 0 Å². The van der Waals surface area contributed by atoms with Crippen LogP contribution in [0.2, 0.25) is 5.02 Å². The Morgan fingerprint density at radius 3 is 2.84 bits per heavy atom. The number of aromatic amines is 1. The molecule has 1 N–H and O–H groups in total. The van der Waals surface area contributed by atoms with Crippen molar-refractivity contribution in [2.45, 2.75) is 6.92 Å². The van der Waals surface area contributed by atoms with E-state index in [2.05, 4.69) is 9.97 Å². The van der Waals surface area contributed by atoms with Crippen LogP contribution in [0.4, 0.5) is 5.69 Å². The van der Waals surface area contributed by atoms with E-state index in [4.69, 9.17) is 16.3 Å². The van der Waals surface area contributed by atoms with Crippen molar-refractivity contribution in [1.82, 2.24) is 9.97 Å². The molecule has 19 heavy (non-hydrogen) atoms. The van der Waals surface area contributed by atoms with E-state index < -0.39 is 10.5 Å². The van der Waals surface area contributed by atoms with Crippen LogP contribution in [0, 0.1) is 17.0 Å². The van der Waals surface area contributed by atoms with Gasteiger partial charge in [-0.15, -0.1) is 0 Å². The van der Waals surface area contributed by atoms with Crippen LogP contribution < -0.4 is 10.3 Å². The summed E-state index contributed by atoms with van der Waals surface area (Å²) in [6, 6.07) is 4.19. The second kappa shape index (κ2) is 5.07. The maximum Gasteiger partial charge on any atom is 0.273 e. The number of benzene rings is 1. The van der Waals surface area contributed by atoms with E-state index in [0.717, 1.165) is 6.33 Å². The minimum atomic E-state index is -0.523. The molecule has 98 valence electrons. The van der Waals surface area contributed by atoms with Gasteiger partial charge in [0.15, 0.2) is 5.02 Å². The third-order valence-electron chi connectivity index (χ3n) is 2.34. The standard InChI is InChI=1S/C11H8ClN3O4/c1-6-4-7(2-3-8(6)15(17)18)19-11-9(12)10(16)13-5-14-11/h2-5H,1H3,(H,13,14,16). The summed E-state index contributed by atoms with van der Waals surface area (Å²) >= 11 is 5.73. The third-order valence-corrected chi connectivity index (χ3v) is 2.68. The number of ether oxygens (including phenoxy) is 1. The van der Waals surface area contributed by atoms with Crippen LogP contribution in [0.3, 0.4) is 0 Å². The Labute approximate surface area is 112 Å². The van der Waals surface area contributed by atoms with Crippen molar-refractivity contribution in [3.8, 4) is 11.6 Å². The maximum absolute atomic E-state index is 11.2. The summed E-state index contributed by atoms with van der Waals surface area (Å²) in [4.78, 5) is 27.5. The maximum atomic E-state index is 11.2. The molecule has 1 aromatic heterocycles. The normalized spacial score (nSPS) is 10.2. The van der Waals surface area contributed by atoms with Crippen LogP contribution >= 0.6 is 11.6 Å². The number of halogens is 1. The zero-order chi connectivity index (χ0) is 14.0. The Morgan fingerprint density at radius 2 is 2.21 bits per heavy atom. The largest absolute Gasteiger partial charge is 0.437 e. The fraction of sp³-hybridized carbons (Fsp3) is 0.0909. The molecule has 0 fully saturated rings. The smallest absolute Gasteiger partial charge is 0.273 e. The number of nitrogens with one attached hydrogen (secondary N) is 1. The Bertz CT molecular complexity index is 699. The van der Waals surface area contributed by atoms with E-state index in [9.17, 15) is 14.9 Å². The lowest BCUT2D eigenvalue weighted by Crippen LogP contribution is -2.07. The summed E-state index contributed by atoms with van der Waals surface area (Å²) in [5.74, 6) is 0.252. The SMILES string of the molecule is Cc1cc(Oc2nc[nH]c(=O)c2Cl)ccc1[N+](=O)[O-]. The first kappa shape index (κ1) is 13.0. The second-order valence-electron chi connectivity index (χ2n) is 3.66. The molecule has 0 saturated carbocycles. The van der Waals surface area contributed by atoms with Crippen molar-refractivity contribution in [2.24, 2.45) is 0 Å². The van der Waals surface area contributed by atoms with Crippen molar-refractivity contribution in [2.75, 3.05) is 0 Å². The monoisotopic (exact) mass is 281 g/mol. The number of H-pyrrole nitrogens is 1. The van der Waals surface area contributed by atoms with Crippen LogP contribution in [-0.4, -0.2) is 14.9 Å². The molecule has 1 heterocycles. The summed E-state index contributed by atoms with van der Waals surface area (Å²) in [6.07, 6.45) is 1.15. The van der Waals surface area contributed by atoms with Gasteiger partial charge in [0.05, 0.1) is 11.3 Å². The molecule has 0 amide bonds. The Kier molecular flexibility index (Phi) is 3.48. The van der Waals surface area contributed by atoms with Crippen molar-refractivity contribution in [3.05, 3.63) is 55.6 Å². The molecule has 0 radical (unpaired) electrons. The van der Waals surface area contributed by atoms with Crippen LogP contribution in [0.5, 0.6) is 11.6 Å². The summed E-state index contributed by atoms with van der Waals surface area (Å²) in [7, 11) is 0. The highest BCUT2D eigenvalue weighted by Crippen LogP contribution is 2.28. The predicted molar refractivity (Wildman–Crippen MR) is 67.8 cm³/mol. The Hall–Kier alpha value is -2.41. The zero-order valence-corrected chi connectivity index (χ0v) is 10.5. The summed E-state index contributed by atoms with van der Waals surface area (Å²) in [6.45, 7) is 1.58. The van der Waals surface area contributed by atoms with Crippen LogP contribution in [-0.2, 0) is 0 Å². The third kappa shape index (κ3) is 2.71. The second-order valence-corrected chi connectivity index (χ2v) is 4.04. The van der Waals surface area contributed by atoms with Crippen LogP contribution in [0.1, 0.15) is 5.56 Å². The number of aromatic nitrogens is 2. The summed E-state index contributed by atoms with van der Waals surface area (Å²) in [5, 5.41) is 10.5. The quantitative estimate of drug-likeness (QED) is 0.688. The van der Waals surface area contributed by atoms with Crippen molar-refractivity contribution >= 4 is 17.3 Å². The molecule has 0 atom stereocenters. The number of nitro groups is 1. The van der Waals surface area contributed by atoms with Crippen LogP contribution in [0.25, 0.3) is 0 Å². The number of hydrogen-bond donors (Lipinski definition) is 1. The Morgan fingerprint density at radius 1 is 1.47 bits per heavy atom. The molecular weight excluding hydrogens is 274 g/mol. The molecular formula is C11H8ClN3O4. The molecule has 0 bridgehead atoms. The van der Waals surface area contributed by atoms with Gasteiger partial charge in [0.2, 0.25) is 5.88 Å². The van der Waals surface area contributed by atoms with Gasteiger partial charge >= 0.3 is 0 Å². The van der Waals surface area contributed by atoms with Crippen LogP contribution in [0.15, 0.2) is 29.3 Å². The van der Waals surface area contributed by atoms with Gasteiger partial charge in [0, 0.05) is 11.6 Å². The molecule has 0 saturated heterocycles. The molecule has 0 aliphatic heterocycles. The lowest BCUT2D eigenvalue weighted by molar-refractivity contribution is -0.385. The van der Waals surface area contributed by atoms with Crippen molar-refractivity contribution < 1.29 is 9.66 Å². The number of nitro benzene ring substituents is 1. The minimum Gasteiger partial charge on any atom is -0.437 e. The molecule has 8 heteroatoms. The van der Waals surface area contributed by atoms with E-state index in [1.165, 1.54) is 18.2 Å².